The van der Waals surface area contributed by atoms with Crippen LogP contribution in [0.25, 0.3) is 0 Å². The van der Waals surface area contributed by atoms with Gasteiger partial charge in [-0.1, -0.05) is 84.5 Å². The van der Waals surface area contributed by atoms with Crippen LogP contribution in [0.5, 0.6) is 0 Å². The minimum atomic E-state index is -1.45. The van der Waals surface area contributed by atoms with Crippen LogP contribution >= 0.6 is 0 Å². The number of aliphatic hydroxyl groups is 4. The van der Waals surface area contributed by atoms with Crippen LogP contribution in [0, 0.1) is 5.92 Å². The molecule has 1 amide bonds. The minimum Gasteiger partial charge on any atom is -0.394 e. The number of amides is 1. The molecule has 0 bridgehead atoms. The number of rotatable bonds is 16. The van der Waals surface area contributed by atoms with Crippen LogP contribution in [0.3, 0.4) is 0 Å². The molecule has 0 aliphatic carbocycles. The smallest absolute Gasteiger partial charge is 0.225 e. The minimum absolute atomic E-state index is 0.262. The Hall–Kier alpha value is -0.730. The van der Waals surface area contributed by atoms with E-state index in [1.165, 1.54) is 64.2 Å². The van der Waals surface area contributed by atoms with Crippen molar-refractivity contribution in [2.45, 2.75) is 121 Å². The van der Waals surface area contributed by atoms with E-state index in [1.807, 2.05) is 0 Å². The Morgan fingerprint density at radius 3 is 1.83 bits per heavy atom. The summed E-state index contributed by atoms with van der Waals surface area (Å²) in [4.78, 5) is 12.4. The Bertz CT molecular complexity index is 447. The Morgan fingerprint density at radius 2 is 1.33 bits per heavy atom. The number of unbranched alkanes of at least 4 members (excludes halogenated alkanes) is 11. The number of nitrogens with one attached hydrogen (secondary N) is 1. The van der Waals surface area contributed by atoms with E-state index < -0.39 is 43.0 Å². The van der Waals surface area contributed by atoms with Gasteiger partial charge < -0.3 is 30.5 Å². The summed E-state index contributed by atoms with van der Waals surface area (Å²) in [7, 11) is 0. The Morgan fingerprint density at radius 1 is 0.833 bits per heavy atom. The zero-order chi connectivity index (χ0) is 22.4. The van der Waals surface area contributed by atoms with E-state index in [9.17, 15) is 25.2 Å². The molecule has 178 valence electrons. The van der Waals surface area contributed by atoms with E-state index in [2.05, 4.69) is 12.2 Å². The van der Waals surface area contributed by atoms with Gasteiger partial charge in [-0.15, -0.1) is 0 Å². The maximum atomic E-state index is 12.4. The molecule has 7 nitrogen and oxygen atoms in total. The summed E-state index contributed by atoms with van der Waals surface area (Å²) in [5, 5.41) is 42.0. The largest absolute Gasteiger partial charge is 0.394 e. The molecule has 1 fully saturated rings. The first-order chi connectivity index (χ1) is 14.4. The number of carbonyl (C=O) groups excluding carboxylic acids is 1. The predicted octanol–water partition coefficient (Wildman–Crippen LogP) is 2.28. The number of ether oxygens (including phenoxy) is 1. The van der Waals surface area contributed by atoms with Crippen molar-refractivity contribution >= 4 is 5.91 Å². The summed E-state index contributed by atoms with van der Waals surface area (Å²) in [5.74, 6) is -0.962. The molecule has 1 rings (SSSR count). The van der Waals surface area contributed by atoms with Crippen molar-refractivity contribution < 1.29 is 30.0 Å². The van der Waals surface area contributed by atoms with Gasteiger partial charge in [-0.2, -0.15) is 0 Å². The van der Waals surface area contributed by atoms with Crippen LogP contribution in [0.4, 0.5) is 0 Å². The second-order valence-electron chi connectivity index (χ2n) is 8.76. The lowest BCUT2D eigenvalue weighted by Gasteiger charge is -2.41. The average molecular weight is 432 g/mol. The van der Waals surface area contributed by atoms with Gasteiger partial charge in [0.15, 0.2) is 0 Å². The zero-order valence-electron chi connectivity index (χ0n) is 19.0. The van der Waals surface area contributed by atoms with Crippen molar-refractivity contribution in [3.8, 4) is 0 Å². The monoisotopic (exact) mass is 431 g/mol. The summed E-state index contributed by atoms with van der Waals surface area (Å²) in [6, 6.07) is 0. The maximum absolute atomic E-state index is 12.4. The van der Waals surface area contributed by atoms with Crippen LogP contribution in [0.2, 0.25) is 0 Å². The summed E-state index contributed by atoms with van der Waals surface area (Å²) >= 11 is 0. The standard InChI is InChI=1S/C23H45NO6/c1-3-4-5-6-7-8-9-10-11-12-13-14-15-24-23(29)17(2)22-21(28)20(27)19(26)18(16-25)30-22/h17-22,25-28H,3-16H2,1-2H3,(H,24,29)/t17?,18-,19-,20+,21-,22?/m1/s1. The Balaban J connectivity index is 2.10. The summed E-state index contributed by atoms with van der Waals surface area (Å²) in [6.07, 6.45) is 8.91. The molecule has 0 aromatic carbocycles. The molecule has 1 saturated heterocycles. The second-order valence-corrected chi connectivity index (χ2v) is 8.76. The molecule has 0 radical (unpaired) electrons. The van der Waals surface area contributed by atoms with Crippen molar-refractivity contribution in [3.05, 3.63) is 0 Å². The molecule has 0 aromatic heterocycles. The van der Waals surface area contributed by atoms with Gasteiger partial charge in [0, 0.05) is 6.54 Å². The van der Waals surface area contributed by atoms with Crippen molar-refractivity contribution in [2.24, 2.45) is 5.92 Å². The molecule has 1 aliphatic heterocycles. The zero-order valence-corrected chi connectivity index (χ0v) is 19.0. The van der Waals surface area contributed by atoms with Gasteiger partial charge in [-0.05, 0) is 6.42 Å². The molecule has 7 heteroatoms. The predicted molar refractivity (Wildman–Crippen MR) is 117 cm³/mol. The quantitative estimate of drug-likeness (QED) is 0.239. The van der Waals surface area contributed by atoms with Crippen LogP contribution in [0.1, 0.15) is 90.9 Å². The van der Waals surface area contributed by atoms with Gasteiger partial charge in [0.05, 0.1) is 18.6 Å². The highest BCUT2D eigenvalue weighted by molar-refractivity contribution is 5.79. The molecule has 6 atom stereocenters. The third-order valence-electron chi connectivity index (χ3n) is 6.17. The van der Waals surface area contributed by atoms with Gasteiger partial charge in [0.2, 0.25) is 5.91 Å². The molecular formula is C23H45NO6. The highest BCUT2D eigenvalue weighted by Crippen LogP contribution is 2.26. The van der Waals surface area contributed by atoms with Gasteiger partial charge in [-0.25, -0.2) is 0 Å². The molecular weight excluding hydrogens is 386 g/mol. The fourth-order valence-corrected chi connectivity index (χ4v) is 4.03. The van der Waals surface area contributed by atoms with Crippen LogP contribution in [-0.4, -0.2) is 70.0 Å². The highest BCUT2D eigenvalue weighted by Gasteiger charge is 2.46. The lowest BCUT2D eigenvalue weighted by Crippen LogP contribution is -2.61. The molecule has 1 aliphatic rings. The fourth-order valence-electron chi connectivity index (χ4n) is 4.03. The van der Waals surface area contributed by atoms with Crippen molar-refractivity contribution in [2.75, 3.05) is 13.2 Å². The van der Waals surface area contributed by atoms with Crippen molar-refractivity contribution in [1.82, 2.24) is 5.32 Å². The third-order valence-corrected chi connectivity index (χ3v) is 6.17. The molecule has 2 unspecified atom stereocenters. The van der Waals surface area contributed by atoms with Gasteiger partial charge in [-0.3, -0.25) is 4.79 Å². The van der Waals surface area contributed by atoms with Crippen LogP contribution < -0.4 is 5.32 Å². The van der Waals surface area contributed by atoms with E-state index in [4.69, 9.17) is 4.74 Å². The van der Waals surface area contributed by atoms with E-state index in [0.717, 1.165) is 12.8 Å². The second kappa shape index (κ2) is 16.0. The van der Waals surface area contributed by atoms with Crippen molar-refractivity contribution in [1.29, 1.82) is 0 Å². The molecule has 0 spiro atoms. The average Bonchev–Trinajstić information content (AvgIpc) is 2.75. The van der Waals surface area contributed by atoms with E-state index in [-0.39, 0.29) is 5.91 Å². The number of carbonyl (C=O) groups is 1. The number of aliphatic hydroxyl groups excluding tert-OH is 4. The highest BCUT2D eigenvalue weighted by atomic mass is 16.5. The Labute approximate surface area is 182 Å². The molecule has 0 saturated carbocycles. The van der Waals surface area contributed by atoms with Gasteiger partial charge in [0.25, 0.3) is 0 Å². The molecule has 30 heavy (non-hydrogen) atoms. The lowest BCUT2D eigenvalue weighted by atomic mass is 9.88. The van der Waals surface area contributed by atoms with E-state index >= 15 is 0 Å². The lowest BCUT2D eigenvalue weighted by molar-refractivity contribution is -0.238. The summed E-state index contributed by atoms with van der Waals surface area (Å²) in [5.41, 5.74) is 0. The normalized spacial score (nSPS) is 27.7. The van der Waals surface area contributed by atoms with E-state index in [1.54, 1.807) is 6.92 Å². The maximum Gasteiger partial charge on any atom is 0.225 e. The van der Waals surface area contributed by atoms with E-state index in [0.29, 0.717) is 6.54 Å². The van der Waals surface area contributed by atoms with Gasteiger partial charge in [0.1, 0.15) is 24.4 Å². The number of hydrogen-bond acceptors (Lipinski definition) is 6. The Kier molecular flexibility index (Phi) is 14.5. The molecule has 1 heterocycles. The first kappa shape index (κ1) is 27.3. The van der Waals surface area contributed by atoms with Gasteiger partial charge >= 0.3 is 0 Å². The fraction of sp³-hybridized carbons (Fsp3) is 0.957. The number of hydrogen-bond donors (Lipinski definition) is 5. The molecule has 5 N–H and O–H groups in total. The summed E-state index contributed by atoms with van der Waals surface area (Å²) < 4.78 is 5.46. The first-order valence-electron chi connectivity index (χ1n) is 12.0. The SMILES string of the molecule is CCCCCCCCCCCCCCNC(=O)C(C)C1O[C@H](CO)[C@@H](O)[C@H](O)[C@H]1O. The van der Waals surface area contributed by atoms with Crippen molar-refractivity contribution in [3.63, 3.8) is 0 Å². The topological polar surface area (TPSA) is 119 Å². The van der Waals surface area contributed by atoms with Crippen LogP contribution in [-0.2, 0) is 9.53 Å². The molecule has 0 aromatic rings. The summed E-state index contributed by atoms with van der Waals surface area (Å²) in [6.45, 7) is 3.93. The first-order valence-corrected chi connectivity index (χ1v) is 12.0. The van der Waals surface area contributed by atoms with Crippen LogP contribution in [0.15, 0.2) is 0 Å². The third kappa shape index (κ3) is 9.60.